The lowest BCUT2D eigenvalue weighted by atomic mass is 9.68. The molecule has 1 aromatic carbocycles. The number of benzene rings is 1. The van der Waals surface area contributed by atoms with Crippen molar-refractivity contribution in [3.8, 4) is 11.8 Å². The van der Waals surface area contributed by atoms with Crippen LogP contribution < -0.4 is 4.74 Å². The monoisotopic (exact) mass is 487 g/mol. The highest BCUT2D eigenvalue weighted by molar-refractivity contribution is 5.27. The molecule has 0 aliphatic heterocycles. The Hall–Kier alpha value is -2.22. The Kier molecular flexibility index (Phi) is 11.2. The normalized spacial score (nSPS) is 25.7. The van der Waals surface area contributed by atoms with Gasteiger partial charge < -0.3 is 4.74 Å². The molecule has 2 nitrogen and oxygen atoms in total. The van der Waals surface area contributed by atoms with Crippen LogP contribution in [0.5, 0.6) is 5.75 Å². The van der Waals surface area contributed by atoms with Crippen molar-refractivity contribution in [2.45, 2.75) is 96.3 Å². The maximum Gasteiger partial charge on any atom is 0.573 e. The van der Waals surface area contributed by atoms with Crippen LogP contribution in [-0.2, 0) is 6.42 Å². The minimum Gasteiger partial charge on any atom is -0.406 e. The SMILES string of the molecule is N#C/C=C/C=C/CCC1CCC(C2CCC(CCCCc3ccc(OC(F)(F)F)cc3)CC2)CC1. The van der Waals surface area contributed by atoms with Crippen molar-refractivity contribution in [2.75, 3.05) is 0 Å². The van der Waals surface area contributed by atoms with Gasteiger partial charge in [-0.3, -0.25) is 0 Å². The Morgan fingerprint density at radius 1 is 0.829 bits per heavy atom. The summed E-state index contributed by atoms with van der Waals surface area (Å²) in [5.41, 5.74) is 1.07. The highest BCUT2D eigenvalue weighted by Crippen LogP contribution is 2.43. The molecule has 0 spiro atoms. The van der Waals surface area contributed by atoms with Gasteiger partial charge in [-0.1, -0.05) is 68.9 Å². The van der Waals surface area contributed by atoms with Gasteiger partial charge >= 0.3 is 6.36 Å². The number of alkyl halides is 3. The predicted molar refractivity (Wildman–Crippen MR) is 135 cm³/mol. The van der Waals surface area contributed by atoms with Crippen molar-refractivity contribution in [1.82, 2.24) is 0 Å². The maximum absolute atomic E-state index is 12.3. The van der Waals surface area contributed by atoms with Crippen LogP contribution in [0.4, 0.5) is 13.2 Å². The van der Waals surface area contributed by atoms with E-state index in [1.807, 2.05) is 18.2 Å². The zero-order chi connectivity index (χ0) is 24.9. The Balaban J connectivity index is 1.24. The fraction of sp³-hybridized carbons (Fsp3) is 0.633. The molecule has 0 unspecified atom stereocenters. The molecule has 0 heterocycles. The first-order valence-corrected chi connectivity index (χ1v) is 13.5. The van der Waals surface area contributed by atoms with Gasteiger partial charge in [0.05, 0.1) is 6.07 Å². The van der Waals surface area contributed by atoms with Crippen molar-refractivity contribution in [3.05, 3.63) is 54.1 Å². The topological polar surface area (TPSA) is 33.0 Å². The number of halogens is 3. The second kappa shape index (κ2) is 14.4. The molecular weight excluding hydrogens is 447 g/mol. The first-order valence-electron chi connectivity index (χ1n) is 13.5. The highest BCUT2D eigenvalue weighted by atomic mass is 19.4. The summed E-state index contributed by atoms with van der Waals surface area (Å²) in [6.45, 7) is 0. The zero-order valence-electron chi connectivity index (χ0n) is 20.8. The van der Waals surface area contributed by atoms with Crippen LogP contribution in [0.2, 0.25) is 0 Å². The molecule has 0 aromatic heterocycles. The van der Waals surface area contributed by atoms with Gasteiger partial charge in [-0.25, -0.2) is 0 Å². The molecule has 35 heavy (non-hydrogen) atoms. The van der Waals surface area contributed by atoms with Gasteiger partial charge in [0.2, 0.25) is 0 Å². The number of nitriles is 1. The number of ether oxygens (including phenoxy) is 1. The average molecular weight is 488 g/mol. The number of nitrogens with zero attached hydrogens (tertiary/aromatic N) is 1. The van der Waals surface area contributed by atoms with E-state index in [1.165, 1.54) is 88.8 Å². The lowest BCUT2D eigenvalue weighted by Gasteiger charge is -2.38. The highest BCUT2D eigenvalue weighted by Gasteiger charge is 2.31. The largest absolute Gasteiger partial charge is 0.573 e. The Morgan fingerprint density at radius 2 is 1.43 bits per heavy atom. The molecule has 5 heteroatoms. The predicted octanol–water partition coefficient (Wildman–Crippen LogP) is 9.33. The van der Waals surface area contributed by atoms with Crippen LogP contribution >= 0.6 is 0 Å². The fourth-order valence-corrected chi connectivity index (χ4v) is 6.12. The van der Waals surface area contributed by atoms with E-state index in [0.29, 0.717) is 0 Å². The van der Waals surface area contributed by atoms with E-state index in [2.05, 4.69) is 10.8 Å². The molecule has 0 N–H and O–H groups in total. The smallest absolute Gasteiger partial charge is 0.406 e. The molecular formula is C30H40F3NO. The van der Waals surface area contributed by atoms with Crippen molar-refractivity contribution in [3.63, 3.8) is 0 Å². The summed E-state index contributed by atoms with van der Waals surface area (Å²) < 4.78 is 40.7. The van der Waals surface area contributed by atoms with Gasteiger partial charge in [0.1, 0.15) is 5.75 Å². The molecule has 3 rings (SSSR count). The molecule has 2 saturated carbocycles. The van der Waals surface area contributed by atoms with Crippen LogP contribution in [0.1, 0.15) is 89.0 Å². The van der Waals surface area contributed by atoms with Crippen LogP contribution in [0.3, 0.4) is 0 Å². The minimum atomic E-state index is -4.63. The molecule has 0 amide bonds. The molecule has 1 aromatic rings. The van der Waals surface area contributed by atoms with Crippen LogP contribution in [0.25, 0.3) is 0 Å². The van der Waals surface area contributed by atoms with E-state index >= 15 is 0 Å². The van der Waals surface area contributed by atoms with Gasteiger partial charge in [0.25, 0.3) is 0 Å². The number of rotatable bonds is 11. The summed E-state index contributed by atoms with van der Waals surface area (Å²) in [4.78, 5) is 0. The number of unbranched alkanes of at least 4 members (excludes halogenated alkanes) is 1. The van der Waals surface area contributed by atoms with E-state index in [9.17, 15) is 13.2 Å². The van der Waals surface area contributed by atoms with Gasteiger partial charge in [-0.15, -0.1) is 13.2 Å². The van der Waals surface area contributed by atoms with E-state index in [1.54, 1.807) is 12.1 Å². The van der Waals surface area contributed by atoms with E-state index in [0.717, 1.165) is 48.5 Å². The van der Waals surface area contributed by atoms with Crippen molar-refractivity contribution in [2.24, 2.45) is 23.7 Å². The van der Waals surface area contributed by atoms with E-state index < -0.39 is 6.36 Å². The number of aryl methyl sites for hydroxylation is 1. The van der Waals surface area contributed by atoms with Gasteiger partial charge in [-0.05, 0) is 92.7 Å². The Morgan fingerprint density at radius 3 is 2.00 bits per heavy atom. The van der Waals surface area contributed by atoms with Crippen LogP contribution in [-0.4, -0.2) is 6.36 Å². The zero-order valence-corrected chi connectivity index (χ0v) is 20.8. The lowest BCUT2D eigenvalue weighted by molar-refractivity contribution is -0.274. The third kappa shape index (κ3) is 10.5. The average Bonchev–Trinajstić information content (AvgIpc) is 2.85. The molecule has 2 fully saturated rings. The first-order chi connectivity index (χ1) is 16.9. The summed E-state index contributed by atoms with van der Waals surface area (Å²) in [5.74, 6) is 3.45. The van der Waals surface area contributed by atoms with E-state index in [-0.39, 0.29) is 5.75 Å². The number of allylic oxidation sites excluding steroid dienone is 4. The van der Waals surface area contributed by atoms with E-state index in [4.69, 9.17) is 5.26 Å². The van der Waals surface area contributed by atoms with Crippen molar-refractivity contribution in [1.29, 1.82) is 5.26 Å². The van der Waals surface area contributed by atoms with Crippen LogP contribution in [0, 0.1) is 35.0 Å². The third-order valence-corrected chi connectivity index (χ3v) is 8.09. The first kappa shape index (κ1) is 27.4. The second-order valence-corrected chi connectivity index (χ2v) is 10.5. The summed E-state index contributed by atoms with van der Waals surface area (Å²) in [7, 11) is 0. The van der Waals surface area contributed by atoms with Crippen LogP contribution in [0.15, 0.2) is 48.6 Å². The molecule has 2 aliphatic rings. The van der Waals surface area contributed by atoms with Gasteiger partial charge in [0, 0.05) is 6.08 Å². The summed E-state index contributed by atoms with van der Waals surface area (Å²) in [6.07, 6.45) is 20.9. The molecule has 0 atom stereocenters. The molecule has 2 aliphatic carbocycles. The second-order valence-electron chi connectivity index (χ2n) is 10.5. The quantitative estimate of drug-likeness (QED) is 0.177. The van der Waals surface area contributed by atoms with Crippen molar-refractivity contribution < 1.29 is 17.9 Å². The summed E-state index contributed by atoms with van der Waals surface area (Å²) >= 11 is 0. The molecule has 0 radical (unpaired) electrons. The van der Waals surface area contributed by atoms with Crippen molar-refractivity contribution >= 4 is 0 Å². The third-order valence-electron chi connectivity index (χ3n) is 8.09. The lowest BCUT2D eigenvalue weighted by Crippen LogP contribution is -2.25. The molecule has 0 bridgehead atoms. The Labute approximate surface area is 209 Å². The molecule has 0 saturated heterocycles. The standard InChI is InChI=1S/C30H40F3NO/c31-30(32,33)35-29-21-15-26(16-22-29)10-6-5-9-25-13-19-28(20-14-25)27-17-11-24(12-18-27)8-4-2-1-3-7-23-34/h1-3,7,15-16,21-22,24-25,27-28H,4-6,8-14,17-20H2/b2-1+,7-3+. The number of hydrogen-bond donors (Lipinski definition) is 0. The summed E-state index contributed by atoms with van der Waals surface area (Å²) in [5, 5.41) is 8.49. The minimum absolute atomic E-state index is 0.149. The fourth-order valence-electron chi connectivity index (χ4n) is 6.12. The molecule has 192 valence electrons. The Bertz CT molecular complexity index is 821. The maximum atomic E-state index is 12.3. The van der Waals surface area contributed by atoms with Gasteiger partial charge in [0.15, 0.2) is 0 Å². The van der Waals surface area contributed by atoms with Gasteiger partial charge in [-0.2, -0.15) is 5.26 Å². The number of hydrogen-bond acceptors (Lipinski definition) is 2. The summed E-state index contributed by atoms with van der Waals surface area (Å²) in [6, 6.07) is 8.31.